The lowest BCUT2D eigenvalue weighted by Gasteiger charge is -2.37. The summed E-state index contributed by atoms with van der Waals surface area (Å²) in [6, 6.07) is 30.3. The van der Waals surface area contributed by atoms with E-state index >= 15 is 0 Å². The maximum Gasteiger partial charge on any atom is 0.303 e. The van der Waals surface area contributed by atoms with Gasteiger partial charge in [-0.1, -0.05) is 91.0 Å². The molecule has 1 aliphatic heterocycles. The molecule has 0 amide bonds. The maximum atomic E-state index is 11.7. The van der Waals surface area contributed by atoms with E-state index in [9.17, 15) is 9.90 Å². The first-order chi connectivity index (χ1) is 17.1. The Morgan fingerprint density at radius 3 is 1.97 bits per heavy atom. The standard InChI is InChI=1S/C30H35NO4/c1-23(32)35-29(25-11-5-2-6-12-25)22-31-19-17-24(28(33)21-31)18-20-34-30(26-13-7-3-8-14-26)27-15-9-4-10-16-27/h2-16,24,28-30,33H,17-22H2,1H3/t24?,28?,29-/m0/s1. The number of rotatable bonds is 10. The molecule has 5 heteroatoms. The molecule has 0 bridgehead atoms. The number of hydrogen-bond donors (Lipinski definition) is 1. The fraction of sp³-hybridized carbons (Fsp3) is 0.367. The number of benzene rings is 3. The number of nitrogens with zero attached hydrogens (tertiary/aromatic N) is 1. The number of carbonyl (C=O) groups is 1. The Morgan fingerprint density at radius 2 is 1.46 bits per heavy atom. The van der Waals surface area contributed by atoms with Crippen molar-refractivity contribution in [3.8, 4) is 0 Å². The summed E-state index contributed by atoms with van der Waals surface area (Å²) in [4.78, 5) is 13.9. The van der Waals surface area contributed by atoms with Crippen LogP contribution >= 0.6 is 0 Å². The van der Waals surface area contributed by atoms with E-state index in [0.717, 1.165) is 36.1 Å². The Labute approximate surface area is 208 Å². The number of likely N-dealkylation sites (tertiary alicyclic amines) is 1. The quantitative estimate of drug-likeness (QED) is 0.412. The van der Waals surface area contributed by atoms with Crippen LogP contribution in [0.4, 0.5) is 0 Å². The predicted octanol–water partition coefficient (Wildman–Crippen LogP) is 5.17. The highest BCUT2D eigenvalue weighted by molar-refractivity contribution is 5.66. The topological polar surface area (TPSA) is 59.0 Å². The van der Waals surface area contributed by atoms with Crippen molar-refractivity contribution in [2.45, 2.75) is 38.1 Å². The number of aliphatic hydroxyl groups is 1. The van der Waals surface area contributed by atoms with Gasteiger partial charge in [0.05, 0.1) is 6.10 Å². The Hall–Kier alpha value is -2.99. The molecule has 3 atom stereocenters. The minimum absolute atomic E-state index is 0.120. The van der Waals surface area contributed by atoms with Crippen molar-refractivity contribution in [3.05, 3.63) is 108 Å². The van der Waals surface area contributed by atoms with E-state index in [-0.39, 0.29) is 24.1 Å². The van der Waals surface area contributed by atoms with Crippen molar-refractivity contribution in [3.63, 3.8) is 0 Å². The van der Waals surface area contributed by atoms with Gasteiger partial charge in [0, 0.05) is 26.6 Å². The first-order valence-corrected chi connectivity index (χ1v) is 12.4. The molecule has 1 heterocycles. The zero-order valence-electron chi connectivity index (χ0n) is 20.3. The largest absolute Gasteiger partial charge is 0.456 e. The van der Waals surface area contributed by atoms with Gasteiger partial charge in [-0.05, 0) is 42.0 Å². The SMILES string of the molecule is CC(=O)O[C@@H](CN1CCC(CCOC(c2ccccc2)c2ccccc2)C(O)C1)c1ccccc1. The van der Waals surface area contributed by atoms with Gasteiger partial charge < -0.3 is 14.6 Å². The van der Waals surface area contributed by atoms with Gasteiger partial charge in [0.15, 0.2) is 0 Å². The van der Waals surface area contributed by atoms with E-state index in [1.54, 1.807) is 0 Å². The summed E-state index contributed by atoms with van der Waals surface area (Å²) in [5.41, 5.74) is 3.23. The molecule has 2 unspecified atom stereocenters. The van der Waals surface area contributed by atoms with Crippen molar-refractivity contribution in [2.75, 3.05) is 26.2 Å². The van der Waals surface area contributed by atoms with E-state index in [1.165, 1.54) is 6.92 Å². The van der Waals surface area contributed by atoms with E-state index in [0.29, 0.717) is 19.7 Å². The third-order valence-corrected chi connectivity index (χ3v) is 6.69. The van der Waals surface area contributed by atoms with Gasteiger partial charge >= 0.3 is 5.97 Å². The van der Waals surface area contributed by atoms with Crippen LogP contribution in [0.15, 0.2) is 91.0 Å². The van der Waals surface area contributed by atoms with Gasteiger partial charge in [-0.25, -0.2) is 0 Å². The number of piperidine rings is 1. The number of ether oxygens (including phenoxy) is 2. The zero-order chi connectivity index (χ0) is 24.5. The van der Waals surface area contributed by atoms with Crippen LogP contribution in [-0.2, 0) is 14.3 Å². The van der Waals surface area contributed by atoms with Crippen LogP contribution < -0.4 is 0 Å². The number of esters is 1. The molecule has 1 N–H and O–H groups in total. The molecule has 0 aromatic heterocycles. The first kappa shape index (κ1) is 25.1. The van der Waals surface area contributed by atoms with Gasteiger partial charge in [-0.3, -0.25) is 9.69 Å². The summed E-state index contributed by atoms with van der Waals surface area (Å²) < 4.78 is 12.0. The molecule has 0 saturated carbocycles. The maximum absolute atomic E-state index is 11.7. The van der Waals surface area contributed by atoms with Crippen LogP contribution in [0.5, 0.6) is 0 Å². The second-order valence-electron chi connectivity index (χ2n) is 9.25. The minimum Gasteiger partial charge on any atom is -0.456 e. The summed E-state index contributed by atoms with van der Waals surface area (Å²) >= 11 is 0. The predicted molar refractivity (Wildman–Crippen MR) is 137 cm³/mol. The number of aliphatic hydroxyl groups excluding tert-OH is 1. The fourth-order valence-electron chi connectivity index (χ4n) is 4.84. The van der Waals surface area contributed by atoms with Crippen molar-refractivity contribution < 1.29 is 19.4 Å². The van der Waals surface area contributed by atoms with Crippen molar-refractivity contribution >= 4 is 5.97 Å². The van der Waals surface area contributed by atoms with Gasteiger partial charge in [0.1, 0.15) is 12.2 Å². The molecule has 0 aliphatic carbocycles. The van der Waals surface area contributed by atoms with Gasteiger partial charge in [0.25, 0.3) is 0 Å². The molecule has 3 aromatic rings. The Bertz CT molecular complexity index is 988. The second kappa shape index (κ2) is 12.6. The fourth-order valence-corrected chi connectivity index (χ4v) is 4.84. The lowest BCUT2D eigenvalue weighted by atomic mass is 9.90. The number of hydrogen-bond acceptors (Lipinski definition) is 5. The Morgan fingerprint density at radius 1 is 0.914 bits per heavy atom. The zero-order valence-corrected chi connectivity index (χ0v) is 20.3. The first-order valence-electron chi connectivity index (χ1n) is 12.4. The summed E-state index contributed by atoms with van der Waals surface area (Å²) in [7, 11) is 0. The molecule has 0 radical (unpaired) electrons. The number of carbonyl (C=O) groups excluding carboxylic acids is 1. The molecule has 35 heavy (non-hydrogen) atoms. The second-order valence-corrected chi connectivity index (χ2v) is 9.25. The summed E-state index contributed by atoms with van der Waals surface area (Å²) in [5, 5.41) is 10.9. The van der Waals surface area contributed by atoms with Crippen LogP contribution in [-0.4, -0.2) is 48.3 Å². The molecule has 0 spiro atoms. The van der Waals surface area contributed by atoms with Gasteiger partial charge in [0.2, 0.25) is 0 Å². The summed E-state index contributed by atoms with van der Waals surface area (Å²) in [5.74, 6) is -0.111. The molecule has 184 valence electrons. The van der Waals surface area contributed by atoms with E-state index < -0.39 is 6.10 Å². The molecule has 1 fully saturated rings. The molecule has 5 nitrogen and oxygen atoms in total. The van der Waals surface area contributed by atoms with Crippen molar-refractivity contribution in [2.24, 2.45) is 5.92 Å². The normalized spacial score (nSPS) is 19.4. The van der Waals surface area contributed by atoms with Crippen LogP contribution in [0.1, 0.15) is 48.7 Å². The van der Waals surface area contributed by atoms with E-state index in [1.807, 2.05) is 66.7 Å². The number of β-amino-alcohol motifs (C(OH)–C–C–N with tert-alkyl or cyclic N) is 1. The molecular weight excluding hydrogens is 438 g/mol. The summed E-state index contributed by atoms with van der Waals surface area (Å²) in [6.45, 7) is 4.02. The highest BCUT2D eigenvalue weighted by atomic mass is 16.5. The van der Waals surface area contributed by atoms with Gasteiger partial charge in [-0.2, -0.15) is 0 Å². The lowest BCUT2D eigenvalue weighted by molar-refractivity contribution is -0.148. The van der Waals surface area contributed by atoms with Crippen LogP contribution in [0.3, 0.4) is 0 Å². The van der Waals surface area contributed by atoms with E-state index in [4.69, 9.17) is 9.47 Å². The third kappa shape index (κ3) is 7.25. The average molecular weight is 474 g/mol. The molecule has 1 aliphatic rings. The van der Waals surface area contributed by atoms with Gasteiger partial charge in [-0.15, -0.1) is 0 Å². The molecule has 1 saturated heterocycles. The van der Waals surface area contributed by atoms with Crippen molar-refractivity contribution in [1.82, 2.24) is 4.90 Å². The summed E-state index contributed by atoms with van der Waals surface area (Å²) in [6.07, 6.45) is 0.793. The average Bonchev–Trinajstić information content (AvgIpc) is 2.88. The van der Waals surface area contributed by atoms with E-state index in [2.05, 4.69) is 29.2 Å². The van der Waals surface area contributed by atoms with Crippen molar-refractivity contribution in [1.29, 1.82) is 0 Å². The Kier molecular flexibility index (Phi) is 9.07. The Balaban J connectivity index is 1.31. The lowest BCUT2D eigenvalue weighted by Crippen LogP contribution is -2.45. The van der Waals surface area contributed by atoms with Crippen LogP contribution in [0.25, 0.3) is 0 Å². The molecule has 4 rings (SSSR count). The highest BCUT2D eigenvalue weighted by Gasteiger charge is 2.30. The minimum atomic E-state index is -0.437. The monoisotopic (exact) mass is 473 g/mol. The van der Waals surface area contributed by atoms with Crippen LogP contribution in [0, 0.1) is 5.92 Å². The molecular formula is C30H35NO4. The third-order valence-electron chi connectivity index (χ3n) is 6.69. The smallest absolute Gasteiger partial charge is 0.303 e. The van der Waals surface area contributed by atoms with Crippen LogP contribution in [0.2, 0.25) is 0 Å². The molecule has 3 aromatic carbocycles. The highest BCUT2D eigenvalue weighted by Crippen LogP contribution is 2.29.